The van der Waals surface area contributed by atoms with Crippen LogP contribution in [0.25, 0.3) is 0 Å². The van der Waals surface area contributed by atoms with E-state index < -0.39 is 0 Å². The number of rotatable bonds is 8. The van der Waals surface area contributed by atoms with Crippen LogP contribution in [0.1, 0.15) is 48.7 Å². The number of likely N-dealkylation sites (tertiary alicyclic amines) is 1. The van der Waals surface area contributed by atoms with Gasteiger partial charge in [-0.1, -0.05) is 6.92 Å². The predicted molar refractivity (Wildman–Crippen MR) is 128 cm³/mol. The Morgan fingerprint density at radius 3 is 2.54 bits per heavy atom. The molecule has 9 heteroatoms. The van der Waals surface area contributed by atoms with Gasteiger partial charge in [0, 0.05) is 37.1 Å². The molecular weight excluding hydrogens is 487 g/mol. The molecule has 0 radical (unpaired) electrons. The average Bonchev–Trinajstić information content (AvgIpc) is 2.97. The highest BCUT2D eigenvalue weighted by Crippen LogP contribution is 2.18. The van der Waals surface area contributed by atoms with Gasteiger partial charge in [0.05, 0.1) is 23.8 Å². The summed E-state index contributed by atoms with van der Waals surface area (Å²) in [6.07, 6.45) is 3.01. The topological polar surface area (TPSA) is 81.7 Å². The number of amides is 1. The number of hydrogen-bond acceptors (Lipinski definition) is 5. The second kappa shape index (κ2) is 13.3. The molecule has 0 atom stereocenters. The summed E-state index contributed by atoms with van der Waals surface area (Å²) in [5.74, 6) is 0.996. The lowest BCUT2D eigenvalue weighted by Crippen LogP contribution is -2.50. The van der Waals surface area contributed by atoms with Crippen LogP contribution < -0.4 is 16.0 Å². The molecule has 0 spiro atoms. The summed E-state index contributed by atoms with van der Waals surface area (Å²) in [7, 11) is 0. The van der Waals surface area contributed by atoms with E-state index in [4.69, 9.17) is 4.99 Å². The summed E-state index contributed by atoms with van der Waals surface area (Å²) in [4.78, 5) is 24.5. The van der Waals surface area contributed by atoms with Gasteiger partial charge in [0.2, 0.25) is 5.91 Å². The first-order chi connectivity index (χ1) is 13.0. The smallest absolute Gasteiger partial charge is 0.234 e. The van der Waals surface area contributed by atoms with Gasteiger partial charge in [0.25, 0.3) is 0 Å². The molecule has 2 rings (SSSR count). The fraction of sp³-hybridized carbons (Fsp3) is 0.737. The van der Waals surface area contributed by atoms with Gasteiger partial charge in [0.15, 0.2) is 5.96 Å². The fourth-order valence-electron chi connectivity index (χ4n) is 3.14. The number of guanidine groups is 1. The van der Waals surface area contributed by atoms with E-state index in [1.54, 1.807) is 11.3 Å². The van der Waals surface area contributed by atoms with Crippen molar-refractivity contribution in [2.45, 2.75) is 59.5 Å². The molecule has 2 heterocycles. The minimum Gasteiger partial charge on any atom is -0.357 e. The first kappa shape index (κ1) is 25.1. The van der Waals surface area contributed by atoms with Crippen LogP contribution in [0.2, 0.25) is 0 Å². The number of carbonyl (C=O) groups is 1. The van der Waals surface area contributed by atoms with Crippen LogP contribution in [-0.4, -0.2) is 60.5 Å². The van der Waals surface area contributed by atoms with Gasteiger partial charge in [-0.3, -0.25) is 9.69 Å². The minimum absolute atomic E-state index is 0. The van der Waals surface area contributed by atoms with Gasteiger partial charge in [-0.2, -0.15) is 0 Å². The number of aromatic nitrogens is 1. The van der Waals surface area contributed by atoms with Gasteiger partial charge in [-0.25, -0.2) is 9.98 Å². The second-order valence-corrected chi connectivity index (χ2v) is 8.27. The first-order valence-electron chi connectivity index (χ1n) is 9.98. The van der Waals surface area contributed by atoms with E-state index in [0.29, 0.717) is 19.1 Å². The van der Waals surface area contributed by atoms with Crippen molar-refractivity contribution >= 4 is 47.2 Å². The molecule has 0 bridgehead atoms. The van der Waals surface area contributed by atoms with Crippen molar-refractivity contribution in [3.05, 3.63) is 15.6 Å². The van der Waals surface area contributed by atoms with Crippen molar-refractivity contribution in [1.29, 1.82) is 0 Å². The number of aryl methyl sites for hydroxylation is 2. The standard InChI is InChI=1S/C19H34N6OS.HI/c1-5-9-21-18(26)13-25-10-7-16(8-11-25)24-19(20-6-2)22-12-17-14(3)23-15(4)27-17;/h16H,5-13H2,1-4H3,(H,21,26)(H2,20,22,24);1H. The third-order valence-corrected chi connectivity index (χ3v) is 5.65. The van der Waals surface area contributed by atoms with Crippen LogP contribution in [0.5, 0.6) is 0 Å². The Labute approximate surface area is 190 Å². The van der Waals surface area contributed by atoms with E-state index in [1.165, 1.54) is 4.88 Å². The second-order valence-electron chi connectivity index (χ2n) is 6.98. The molecule has 3 N–H and O–H groups in total. The summed E-state index contributed by atoms with van der Waals surface area (Å²) in [6.45, 7) is 12.9. The lowest BCUT2D eigenvalue weighted by Gasteiger charge is -2.32. The number of thiazole rings is 1. The number of nitrogens with one attached hydrogen (secondary N) is 3. The molecule has 0 aliphatic carbocycles. The summed E-state index contributed by atoms with van der Waals surface area (Å²) in [5.41, 5.74) is 1.08. The quantitative estimate of drug-likeness (QED) is 0.278. The number of piperidine rings is 1. The largest absolute Gasteiger partial charge is 0.357 e. The molecule has 1 aliphatic heterocycles. The maximum absolute atomic E-state index is 11.9. The number of aliphatic imine (C=N–C) groups is 1. The van der Waals surface area contributed by atoms with Gasteiger partial charge in [-0.05, 0) is 40.0 Å². The van der Waals surface area contributed by atoms with Crippen LogP contribution in [0.4, 0.5) is 0 Å². The minimum atomic E-state index is 0. The SMILES string of the molecule is CCCNC(=O)CN1CCC(NC(=NCc2sc(C)nc2C)NCC)CC1.I. The Bertz CT molecular complexity index is 628. The average molecular weight is 523 g/mol. The number of halogens is 1. The van der Waals surface area contributed by atoms with E-state index in [-0.39, 0.29) is 29.9 Å². The lowest BCUT2D eigenvalue weighted by atomic mass is 10.1. The lowest BCUT2D eigenvalue weighted by molar-refractivity contribution is -0.122. The van der Waals surface area contributed by atoms with Crippen LogP contribution in [-0.2, 0) is 11.3 Å². The molecule has 28 heavy (non-hydrogen) atoms. The molecule has 1 saturated heterocycles. The van der Waals surface area contributed by atoms with Crippen molar-refractivity contribution in [2.24, 2.45) is 4.99 Å². The van der Waals surface area contributed by atoms with Crippen LogP contribution in [0.3, 0.4) is 0 Å². The fourth-order valence-corrected chi connectivity index (χ4v) is 4.00. The van der Waals surface area contributed by atoms with Crippen LogP contribution in [0.15, 0.2) is 4.99 Å². The molecule has 0 saturated carbocycles. The van der Waals surface area contributed by atoms with Gasteiger partial charge in [0.1, 0.15) is 0 Å². The Morgan fingerprint density at radius 2 is 1.96 bits per heavy atom. The van der Waals surface area contributed by atoms with Crippen molar-refractivity contribution in [3.63, 3.8) is 0 Å². The van der Waals surface area contributed by atoms with E-state index in [2.05, 4.69) is 39.7 Å². The third-order valence-electron chi connectivity index (χ3n) is 4.59. The van der Waals surface area contributed by atoms with Crippen molar-refractivity contribution in [1.82, 2.24) is 25.8 Å². The van der Waals surface area contributed by atoms with Crippen molar-refractivity contribution in [2.75, 3.05) is 32.7 Å². The molecule has 1 aromatic rings. The Balaban J connectivity index is 0.00000392. The van der Waals surface area contributed by atoms with Gasteiger partial charge in [-0.15, -0.1) is 35.3 Å². The zero-order valence-corrected chi connectivity index (χ0v) is 20.7. The van der Waals surface area contributed by atoms with E-state index in [0.717, 1.165) is 62.1 Å². The predicted octanol–water partition coefficient (Wildman–Crippen LogP) is 2.42. The highest BCUT2D eigenvalue weighted by Gasteiger charge is 2.21. The summed E-state index contributed by atoms with van der Waals surface area (Å²) >= 11 is 1.71. The Morgan fingerprint density at radius 1 is 1.25 bits per heavy atom. The zero-order chi connectivity index (χ0) is 19.6. The number of nitrogens with zero attached hydrogens (tertiary/aromatic N) is 3. The normalized spacial score (nSPS) is 15.8. The maximum atomic E-state index is 11.9. The van der Waals surface area contributed by atoms with E-state index in [9.17, 15) is 4.79 Å². The zero-order valence-electron chi connectivity index (χ0n) is 17.5. The molecule has 7 nitrogen and oxygen atoms in total. The molecular formula is C19H35IN6OS. The first-order valence-corrected chi connectivity index (χ1v) is 10.8. The molecule has 1 amide bonds. The molecule has 0 unspecified atom stereocenters. The molecule has 0 aromatic carbocycles. The van der Waals surface area contributed by atoms with Crippen LogP contribution in [0, 0.1) is 13.8 Å². The third kappa shape index (κ3) is 8.60. The Kier molecular flexibility index (Phi) is 11.9. The van der Waals surface area contributed by atoms with Crippen molar-refractivity contribution < 1.29 is 4.79 Å². The van der Waals surface area contributed by atoms with Crippen molar-refractivity contribution in [3.8, 4) is 0 Å². The highest BCUT2D eigenvalue weighted by atomic mass is 127. The molecule has 1 fully saturated rings. The van der Waals surface area contributed by atoms with E-state index >= 15 is 0 Å². The number of hydrogen-bond donors (Lipinski definition) is 3. The highest BCUT2D eigenvalue weighted by molar-refractivity contribution is 14.0. The Hall–Kier alpha value is -0.940. The van der Waals surface area contributed by atoms with Gasteiger partial charge >= 0.3 is 0 Å². The molecule has 160 valence electrons. The summed E-state index contributed by atoms with van der Waals surface area (Å²) in [6, 6.07) is 0.391. The summed E-state index contributed by atoms with van der Waals surface area (Å²) < 4.78 is 0. The van der Waals surface area contributed by atoms with Gasteiger partial charge < -0.3 is 16.0 Å². The maximum Gasteiger partial charge on any atom is 0.234 e. The summed E-state index contributed by atoms with van der Waals surface area (Å²) in [5, 5.41) is 10.9. The van der Waals surface area contributed by atoms with Crippen LogP contribution >= 0.6 is 35.3 Å². The number of carbonyl (C=O) groups excluding carboxylic acids is 1. The van der Waals surface area contributed by atoms with E-state index in [1.807, 2.05) is 13.8 Å². The monoisotopic (exact) mass is 522 g/mol. The molecule has 1 aromatic heterocycles. The molecule has 1 aliphatic rings.